The van der Waals surface area contributed by atoms with Crippen LogP contribution in [-0.2, 0) is 9.59 Å². The minimum atomic E-state index is -0.206. The van der Waals surface area contributed by atoms with Gasteiger partial charge in [0.05, 0.1) is 5.92 Å². The van der Waals surface area contributed by atoms with Crippen LogP contribution in [0.3, 0.4) is 0 Å². The van der Waals surface area contributed by atoms with E-state index in [4.69, 9.17) is 5.11 Å². The topological polar surface area (TPSA) is 69.6 Å². The summed E-state index contributed by atoms with van der Waals surface area (Å²) in [6.45, 7) is 3.81. The van der Waals surface area contributed by atoms with Crippen molar-refractivity contribution >= 4 is 11.8 Å². The summed E-state index contributed by atoms with van der Waals surface area (Å²) in [6.07, 6.45) is 2.77. The van der Waals surface area contributed by atoms with E-state index >= 15 is 0 Å². The summed E-state index contributed by atoms with van der Waals surface area (Å²) in [5.74, 6) is 0.583. The number of carbonyl (C=O) groups excluding carboxylic acids is 2. The number of likely N-dealkylation sites (tertiary alicyclic amines) is 1. The van der Waals surface area contributed by atoms with E-state index in [1.54, 1.807) is 0 Å². The van der Waals surface area contributed by atoms with Gasteiger partial charge in [0, 0.05) is 32.7 Å². The van der Waals surface area contributed by atoms with Crippen molar-refractivity contribution in [2.75, 3.05) is 26.2 Å². The number of nitrogens with zero attached hydrogens (tertiary/aromatic N) is 1. The molecule has 0 aromatic carbocycles. The number of carbonyl (C=O) groups is 2. The number of hydrogen-bond donors (Lipinski definition) is 2. The van der Waals surface area contributed by atoms with Crippen LogP contribution in [0.1, 0.15) is 26.2 Å². The van der Waals surface area contributed by atoms with E-state index in [1.165, 1.54) is 12.8 Å². The monoisotopic (exact) mass is 254 g/mol. The highest BCUT2D eigenvalue weighted by atomic mass is 16.3. The molecule has 2 aliphatic rings. The highest BCUT2D eigenvalue weighted by Crippen LogP contribution is 2.31. The maximum atomic E-state index is 11.9. The first-order valence-corrected chi connectivity index (χ1v) is 6.76. The van der Waals surface area contributed by atoms with E-state index in [9.17, 15) is 9.59 Å². The molecule has 1 aliphatic heterocycles. The van der Waals surface area contributed by atoms with Crippen molar-refractivity contribution in [2.24, 2.45) is 17.8 Å². The first-order valence-electron chi connectivity index (χ1n) is 6.76. The van der Waals surface area contributed by atoms with Crippen molar-refractivity contribution in [1.29, 1.82) is 0 Å². The van der Waals surface area contributed by atoms with Crippen LogP contribution < -0.4 is 5.32 Å². The first-order chi connectivity index (χ1) is 8.60. The number of aliphatic hydroxyl groups excluding tert-OH is 1. The Hall–Kier alpha value is -1.10. The van der Waals surface area contributed by atoms with E-state index in [2.05, 4.69) is 5.32 Å². The molecule has 2 atom stereocenters. The Bertz CT molecular complexity index is 328. The van der Waals surface area contributed by atoms with E-state index in [0.717, 1.165) is 6.54 Å². The summed E-state index contributed by atoms with van der Waals surface area (Å²) < 4.78 is 0. The first kappa shape index (κ1) is 13.3. The van der Waals surface area contributed by atoms with Crippen LogP contribution in [0.25, 0.3) is 0 Å². The molecule has 0 bridgehead atoms. The van der Waals surface area contributed by atoms with E-state index < -0.39 is 0 Å². The Morgan fingerprint density at radius 3 is 2.89 bits per heavy atom. The van der Waals surface area contributed by atoms with Crippen LogP contribution in [0.5, 0.6) is 0 Å². The fourth-order valence-electron chi connectivity index (χ4n) is 2.22. The van der Waals surface area contributed by atoms with Crippen LogP contribution in [0.15, 0.2) is 0 Å². The molecule has 2 amide bonds. The van der Waals surface area contributed by atoms with Crippen LogP contribution in [-0.4, -0.2) is 48.1 Å². The van der Waals surface area contributed by atoms with Crippen molar-refractivity contribution in [1.82, 2.24) is 10.2 Å². The molecule has 0 aromatic rings. The van der Waals surface area contributed by atoms with Gasteiger partial charge >= 0.3 is 0 Å². The van der Waals surface area contributed by atoms with Crippen molar-refractivity contribution < 1.29 is 14.7 Å². The van der Waals surface area contributed by atoms with Crippen LogP contribution in [0, 0.1) is 17.8 Å². The zero-order valence-corrected chi connectivity index (χ0v) is 10.9. The Morgan fingerprint density at radius 2 is 2.28 bits per heavy atom. The molecule has 0 radical (unpaired) electrons. The zero-order chi connectivity index (χ0) is 13.1. The molecule has 2 rings (SSSR count). The summed E-state index contributed by atoms with van der Waals surface area (Å²) in [5.41, 5.74) is 0. The zero-order valence-electron chi connectivity index (χ0n) is 10.9. The number of rotatable bonds is 6. The van der Waals surface area contributed by atoms with Gasteiger partial charge in [-0.3, -0.25) is 9.59 Å². The smallest absolute Gasteiger partial charge is 0.225 e. The predicted octanol–water partition coefficient (Wildman–Crippen LogP) is -0.0105. The van der Waals surface area contributed by atoms with Gasteiger partial charge in [0.15, 0.2) is 0 Å². The molecular weight excluding hydrogens is 232 g/mol. The summed E-state index contributed by atoms with van der Waals surface area (Å²) in [4.78, 5) is 25.5. The Balaban J connectivity index is 1.75. The number of aliphatic hydroxyl groups is 1. The Morgan fingerprint density at radius 1 is 1.56 bits per heavy atom. The molecule has 1 heterocycles. The third-order valence-corrected chi connectivity index (χ3v) is 3.70. The molecule has 1 saturated carbocycles. The number of amides is 2. The molecule has 2 N–H and O–H groups in total. The minimum Gasteiger partial charge on any atom is -0.396 e. The van der Waals surface area contributed by atoms with Gasteiger partial charge in [-0.1, -0.05) is 6.92 Å². The second-order valence-electron chi connectivity index (χ2n) is 5.68. The summed E-state index contributed by atoms with van der Waals surface area (Å²) >= 11 is 0. The molecular formula is C13H22N2O3. The minimum absolute atomic E-state index is 0.0538. The third kappa shape index (κ3) is 3.45. The normalized spacial score (nSPS) is 25.3. The van der Waals surface area contributed by atoms with E-state index in [0.29, 0.717) is 25.4 Å². The SMILES string of the molecule is CC(CO)CNC(=O)C1CC(=O)N(CC2CC2)C1. The summed E-state index contributed by atoms with van der Waals surface area (Å²) in [5, 5.41) is 11.7. The molecule has 2 fully saturated rings. The maximum Gasteiger partial charge on any atom is 0.225 e. The van der Waals surface area contributed by atoms with Gasteiger partial charge in [-0.15, -0.1) is 0 Å². The third-order valence-electron chi connectivity index (χ3n) is 3.70. The highest BCUT2D eigenvalue weighted by molar-refractivity contribution is 5.89. The molecule has 2 unspecified atom stereocenters. The van der Waals surface area contributed by atoms with Crippen LogP contribution in [0.4, 0.5) is 0 Å². The van der Waals surface area contributed by atoms with E-state index in [1.807, 2.05) is 11.8 Å². The van der Waals surface area contributed by atoms with Crippen LogP contribution >= 0.6 is 0 Å². The predicted molar refractivity (Wildman–Crippen MR) is 66.7 cm³/mol. The molecule has 0 aromatic heterocycles. The lowest BCUT2D eigenvalue weighted by atomic mass is 10.1. The van der Waals surface area contributed by atoms with Crippen molar-refractivity contribution in [3.8, 4) is 0 Å². The fraction of sp³-hybridized carbons (Fsp3) is 0.846. The Kier molecular flexibility index (Phi) is 4.22. The van der Waals surface area contributed by atoms with Crippen molar-refractivity contribution in [3.05, 3.63) is 0 Å². The van der Waals surface area contributed by atoms with Gasteiger partial charge < -0.3 is 15.3 Å². The fourth-order valence-corrected chi connectivity index (χ4v) is 2.22. The average Bonchev–Trinajstić information content (AvgIpc) is 3.10. The largest absolute Gasteiger partial charge is 0.396 e. The summed E-state index contributed by atoms with van der Waals surface area (Å²) in [7, 11) is 0. The molecule has 5 nitrogen and oxygen atoms in total. The average molecular weight is 254 g/mol. The van der Waals surface area contributed by atoms with Crippen molar-refractivity contribution in [3.63, 3.8) is 0 Å². The van der Waals surface area contributed by atoms with Gasteiger partial charge in [-0.2, -0.15) is 0 Å². The van der Waals surface area contributed by atoms with Gasteiger partial charge in [-0.05, 0) is 24.7 Å². The quantitative estimate of drug-likeness (QED) is 0.700. The Labute approximate surface area is 108 Å². The molecule has 1 saturated heterocycles. The van der Waals surface area contributed by atoms with E-state index in [-0.39, 0.29) is 30.3 Å². The summed E-state index contributed by atoms with van der Waals surface area (Å²) in [6, 6.07) is 0. The molecule has 5 heteroatoms. The molecule has 0 spiro atoms. The van der Waals surface area contributed by atoms with Crippen molar-refractivity contribution in [2.45, 2.75) is 26.2 Å². The molecule has 102 valence electrons. The lowest BCUT2D eigenvalue weighted by Crippen LogP contribution is -2.36. The lowest BCUT2D eigenvalue weighted by molar-refractivity contribution is -0.129. The second-order valence-corrected chi connectivity index (χ2v) is 5.68. The van der Waals surface area contributed by atoms with Gasteiger partial charge in [0.25, 0.3) is 0 Å². The number of nitrogens with one attached hydrogen (secondary N) is 1. The van der Waals surface area contributed by atoms with Gasteiger partial charge in [-0.25, -0.2) is 0 Å². The lowest BCUT2D eigenvalue weighted by Gasteiger charge is -2.16. The molecule has 18 heavy (non-hydrogen) atoms. The van der Waals surface area contributed by atoms with Gasteiger partial charge in [0.2, 0.25) is 11.8 Å². The van der Waals surface area contributed by atoms with Crippen LogP contribution in [0.2, 0.25) is 0 Å². The molecule has 1 aliphatic carbocycles. The maximum absolute atomic E-state index is 11.9. The highest BCUT2D eigenvalue weighted by Gasteiger charge is 2.36. The standard InChI is InChI=1S/C13H22N2O3/c1-9(8-16)5-14-13(18)11-4-12(17)15(7-11)6-10-2-3-10/h9-11,16H,2-8H2,1H3,(H,14,18). The van der Waals surface area contributed by atoms with Gasteiger partial charge in [0.1, 0.15) is 0 Å². The second kappa shape index (κ2) is 5.69. The number of hydrogen-bond acceptors (Lipinski definition) is 3.